The Bertz CT molecular complexity index is 405. The van der Waals surface area contributed by atoms with Gasteiger partial charge >= 0.3 is 0 Å². The molecule has 2 heterocycles. The molecule has 1 fully saturated rings. The number of piperidine rings is 1. The zero-order valence-corrected chi connectivity index (χ0v) is 11.6. The lowest BCUT2D eigenvalue weighted by Crippen LogP contribution is -2.42. The van der Waals surface area contributed by atoms with Gasteiger partial charge in [0.1, 0.15) is 4.75 Å². The molecule has 1 aliphatic rings. The van der Waals surface area contributed by atoms with Crippen LogP contribution in [0.1, 0.15) is 18.5 Å². The monoisotopic (exact) mass is 261 g/mol. The van der Waals surface area contributed by atoms with Crippen LogP contribution in [0.2, 0.25) is 0 Å². The number of likely N-dealkylation sites (tertiary alicyclic amines) is 1. The van der Waals surface area contributed by atoms with Crippen molar-refractivity contribution in [1.82, 2.24) is 9.88 Å². The van der Waals surface area contributed by atoms with Gasteiger partial charge in [0.15, 0.2) is 0 Å². The van der Waals surface area contributed by atoms with Crippen LogP contribution in [-0.4, -0.2) is 40.5 Å². The Kier molecular flexibility index (Phi) is 4.62. The minimum absolute atomic E-state index is 0.137. The predicted octanol–water partition coefficient (Wildman–Crippen LogP) is 2.35. The zero-order valence-electron chi connectivity index (χ0n) is 10.8. The molecule has 1 aromatic rings. The molecule has 0 atom stereocenters. The van der Waals surface area contributed by atoms with Gasteiger partial charge in [-0.05, 0) is 31.2 Å². The van der Waals surface area contributed by atoms with Crippen LogP contribution in [0.25, 0.3) is 0 Å². The maximum atomic E-state index is 9.24. The van der Waals surface area contributed by atoms with Crippen molar-refractivity contribution < 1.29 is 0 Å². The van der Waals surface area contributed by atoms with Crippen LogP contribution >= 0.6 is 11.8 Å². The first kappa shape index (κ1) is 13.4. The van der Waals surface area contributed by atoms with Crippen LogP contribution in [0.3, 0.4) is 0 Å². The standard InChI is InChI=1S/C14H19N3S/c1-18-14(12-15)6-10-17(11-7-14)9-5-13-4-2-3-8-16-13/h2-4,8H,5-7,9-11H2,1H3. The van der Waals surface area contributed by atoms with Gasteiger partial charge in [0.25, 0.3) is 0 Å². The van der Waals surface area contributed by atoms with Gasteiger partial charge in [-0.1, -0.05) is 6.07 Å². The average Bonchev–Trinajstić information content (AvgIpc) is 2.47. The number of rotatable bonds is 4. The zero-order chi connectivity index (χ0) is 12.8. The van der Waals surface area contributed by atoms with Gasteiger partial charge < -0.3 is 4.90 Å². The molecule has 0 saturated carbocycles. The molecule has 1 saturated heterocycles. The molecule has 1 aromatic heterocycles. The summed E-state index contributed by atoms with van der Waals surface area (Å²) in [4.78, 5) is 6.79. The lowest BCUT2D eigenvalue weighted by molar-refractivity contribution is 0.219. The summed E-state index contributed by atoms with van der Waals surface area (Å²) in [5, 5.41) is 9.24. The molecule has 0 aromatic carbocycles. The fraction of sp³-hybridized carbons (Fsp3) is 0.571. The Hall–Kier alpha value is -1.05. The van der Waals surface area contributed by atoms with Crippen LogP contribution < -0.4 is 0 Å². The fourth-order valence-corrected chi connectivity index (χ4v) is 3.00. The van der Waals surface area contributed by atoms with E-state index in [0.717, 1.165) is 44.6 Å². The molecule has 1 aliphatic heterocycles. The van der Waals surface area contributed by atoms with Gasteiger partial charge in [-0.15, -0.1) is 11.8 Å². The number of nitrogens with zero attached hydrogens (tertiary/aromatic N) is 3. The number of hydrogen-bond acceptors (Lipinski definition) is 4. The quantitative estimate of drug-likeness (QED) is 0.834. The van der Waals surface area contributed by atoms with Gasteiger partial charge in [0.2, 0.25) is 0 Å². The number of aromatic nitrogens is 1. The Morgan fingerprint density at radius 2 is 2.22 bits per heavy atom. The van der Waals surface area contributed by atoms with Crippen molar-refractivity contribution >= 4 is 11.8 Å². The van der Waals surface area contributed by atoms with Crippen molar-refractivity contribution in [2.45, 2.75) is 24.0 Å². The smallest absolute Gasteiger partial charge is 0.104 e. The average molecular weight is 261 g/mol. The summed E-state index contributed by atoms with van der Waals surface area (Å²) in [6, 6.07) is 8.54. The molecular weight excluding hydrogens is 242 g/mol. The van der Waals surface area contributed by atoms with Crippen molar-refractivity contribution in [2.75, 3.05) is 25.9 Å². The molecule has 18 heavy (non-hydrogen) atoms. The van der Waals surface area contributed by atoms with Crippen LogP contribution in [0.15, 0.2) is 24.4 Å². The van der Waals surface area contributed by atoms with E-state index in [2.05, 4.69) is 22.0 Å². The van der Waals surface area contributed by atoms with Crippen molar-refractivity contribution in [1.29, 1.82) is 5.26 Å². The van der Waals surface area contributed by atoms with Gasteiger partial charge in [0.05, 0.1) is 6.07 Å². The number of thioether (sulfide) groups is 1. The topological polar surface area (TPSA) is 39.9 Å². The molecule has 0 bridgehead atoms. The first-order chi connectivity index (χ1) is 8.78. The second kappa shape index (κ2) is 6.21. The maximum absolute atomic E-state index is 9.24. The number of pyridine rings is 1. The molecule has 0 N–H and O–H groups in total. The second-order valence-corrected chi connectivity index (χ2v) is 5.91. The Labute approximate surface area is 113 Å². The largest absolute Gasteiger partial charge is 0.303 e. The Balaban J connectivity index is 1.79. The molecule has 4 heteroatoms. The van der Waals surface area contributed by atoms with E-state index < -0.39 is 0 Å². The summed E-state index contributed by atoms with van der Waals surface area (Å²) >= 11 is 1.71. The molecule has 2 rings (SSSR count). The van der Waals surface area contributed by atoms with E-state index >= 15 is 0 Å². The van der Waals surface area contributed by atoms with Crippen molar-refractivity contribution in [3.8, 4) is 6.07 Å². The van der Waals surface area contributed by atoms with Gasteiger partial charge in [-0.25, -0.2) is 0 Å². The minimum Gasteiger partial charge on any atom is -0.303 e. The molecule has 0 spiro atoms. The first-order valence-electron chi connectivity index (χ1n) is 6.37. The predicted molar refractivity (Wildman–Crippen MR) is 75.5 cm³/mol. The fourth-order valence-electron chi connectivity index (χ4n) is 2.32. The van der Waals surface area contributed by atoms with Crippen molar-refractivity contribution in [3.05, 3.63) is 30.1 Å². The summed E-state index contributed by atoms with van der Waals surface area (Å²) < 4.78 is -0.137. The Morgan fingerprint density at radius 1 is 1.44 bits per heavy atom. The molecule has 3 nitrogen and oxygen atoms in total. The maximum Gasteiger partial charge on any atom is 0.104 e. The molecule has 96 valence electrons. The summed E-state index contributed by atoms with van der Waals surface area (Å²) in [5.74, 6) is 0. The van der Waals surface area contributed by atoms with Gasteiger partial charge in [-0.3, -0.25) is 4.98 Å². The van der Waals surface area contributed by atoms with Crippen LogP contribution in [-0.2, 0) is 6.42 Å². The van der Waals surface area contributed by atoms with E-state index in [1.807, 2.05) is 24.6 Å². The normalized spacial score (nSPS) is 19.3. The molecule has 0 aliphatic carbocycles. The molecular formula is C14H19N3S. The third kappa shape index (κ3) is 3.24. The third-order valence-electron chi connectivity index (χ3n) is 3.67. The highest BCUT2D eigenvalue weighted by Crippen LogP contribution is 2.33. The summed E-state index contributed by atoms with van der Waals surface area (Å²) in [7, 11) is 0. The second-order valence-electron chi connectivity index (χ2n) is 4.72. The molecule has 0 radical (unpaired) electrons. The third-order valence-corrected chi connectivity index (χ3v) is 4.95. The van der Waals surface area contributed by atoms with Crippen LogP contribution in [0.5, 0.6) is 0 Å². The van der Waals surface area contributed by atoms with Gasteiger partial charge in [-0.2, -0.15) is 5.26 Å². The number of nitriles is 1. The van der Waals surface area contributed by atoms with E-state index in [-0.39, 0.29) is 4.75 Å². The molecule has 0 amide bonds. The van der Waals surface area contributed by atoms with E-state index in [9.17, 15) is 5.26 Å². The lowest BCUT2D eigenvalue weighted by Gasteiger charge is -2.36. The highest BCUT2D eigenvalue weighted by Gasteiger charge is 2.33. The minimum atomic E-state index is -0.137. The lowest BCUT2D eigenvalue weighted by atomic mass is 9.97. The Morgan fingerprint density at radius 3 is 2.78 bits per heavy atom. The van der Waals surface area contributed by atoms with Crippen molar-refractivity contribution in [2.24, 2.45) is 0 Å². The van der Waals surface area contributed by atoms with E-state index in [1.165, 1.54) is 0 Å². The van der Waals surface area contributed by atoms with Gasteiger partial charge in [0, 0.05) is 37.9 Å². The van der Waals surface area contributed by atoms with E-state index in [1.54, 1.807) is 11.8 Å². The summed E-state index contributed by atoms with van der Waals surface area (Å²) in [6.07, 6.45) is 6.85. The van der Waals surface area contributed by atoms with Crippen LogP contribution in [0.4, 0.5) is 0 Å². The van der Waals surface area contributed by atoms with E-state index in [0.29, 0.717) is 0 Å². The van der Waals surface area contributed by atoms with Crippen molar-refractivity contribution in [3.63, 3.8) is 0 Å². The SMILES string of the molecule is CSC1(C#N)CCN(CCc2ccccn2)CC1. The highest BCUT2D eigenvalue weighted by atomic mass is 32.2. The van der Waals surface area contributed by atoms with E-state index in [4.69, 9.17) is 0 Å². The molecule has 0 unspecified atom stereocenters. The first-order valence-corrected chi connectivity index (χ1v) is 7.59. The summed E-state index contributed by atoms with van der Waals surface area (Å²) in [5.41, 5.74) is 1.15. The summed E-state index contributed by atoms with van der Waals surface area (Å²) in [6.45, 7) is 3.11. The van der Waals surface area contributed by atoms with Crippen LogP contribution in [0, 0.1) is 11.3 Å². The highest BCUT2D eigenvalue weighted by molar-refractivity contribution is 8.00. The number of hydrogen-bond donors (Lipinski definition) is 0.